The number of nitrogens with zero attached hydrogens (tertiary/aromatic N) is 4. The van der Waals surface area contributed by atoms with Gasteiger partial charge in [-0.1, -0.05) is 13.8 Å². The molecule has 0 aliphatic carbocycles. The molecule has 8 heteroatoms. The highest BCUT2D eigenvalue weighted by Crippen LogP contribution is 2.16. The third kappa shape index (κ3) is 3.79. The molecule has 25 heavy (non-hydrogen) atoms. The maximum absolute atomic E-state index is 12.2. The predicted octanol–water partition coefficient (Wildman–Crippen LogP) is 1.73. The third-order valence-electron chi connectivity index (χ3n) is 4.37. The number of rotatable bonds is 5. The molecule has 0 aromatic carbocycles. The minimum Gasteiger partial charge on any atom is -0.376 e. The Hall–Kier alpha value is -2.48. The monoisotopic (exact) mass is 344 g/mol. The fraction of sp³-hybridized carbons (Fsp3) is 0.529. The largest absolute Gasteiger partial charge is 0.376 e. The fourth-order valence-corrected chi connectivity index (χ4v) is 3.10. The van der Waals surface area contributed by atoms with E-state index in [2.05, 4.69) is 39.5 Å². The van der Waals surface area contributed by atoms with Crippen LogP contribution in [0.4, 0.5) is 10.7 Å². The van der Waals surface area contributed by atoms with E-state index in [0.717, 1.165) is 47.5 Å². The molecule has 0 unspecified atom stereocenters. The molecule has 0 atom stereocenters. The summed E-state index contributed by atoms with van der Waals surface area (Å²) in [6.07, 6.45) is 4.16. The Morgan fingerprint density at radius 1 is 1.36 bits per heavy atom. The van der Waals surface area contributed by atoms with Crippen LogP contribution in [0.15, 0.2) is 6.20 Å². The predicted molar refractivity (Wildman–Crippen MR) is 93.2 cm³/mol. The highest BCUT2D eigenvalue weighted by atomic mass is 16.5. The van der Waals surface area contributed by atoms with E-state index in [1.807, 2.05) is 11.7 Å². The molecule has 0 saturated carbocycles. The van der Waals surface area contributed by atoms with E-state index in [1.165, 1.54) is 0 Å². The molecule has 3 rings (SSSR count). The summed E-state index contributed by atoms with van der Waals surface area (Å²) >= 11 is 0. The quantitative estimate of drug-likeness (QED) is 0.861. The summed E-state index contributed by atoms with van der Waals surface area (Å²) in [5, 5.41) is 10.1. The molecule has 2 aromatic heterocycles. The molecule has 0 radical (unpaired) electrons. The van der Waals surface area contributed by atoms with Crippen molar-refractivity contribution in [2.24, 2.45) is 7.05 Å². The molecule has 1 aliphatic rings. The number of anilines is 1. The number of hydrogen-bond donors (Lipinski definition) is 2. The van der Waals surface area contributed by atoms with E-state index in [0.29, 0.717) is 25.7 Å². The average molecular weight is 344 g/mol. The van der Waals surface area contributed by atoms with Crippen LogP contribution in [0.2, 0.25) is 0 Å². The SMILES string of the molecule is CCc1nn(C)c(CC)c1CNC(=O)Nc1ncc2c(n1)CCOC2. The zero-order chi connectivity index (χ0) is 17.8. The molecule has 0 bridgehead atoms. The van der Waals surface area contributed by atoms with Crippen molar-refractivity contribution in [1.82, 2.24) is 25.1 Å². The summed E-state index contributed by atoms with van der Waals surface area (Å²) in [5.74, 6) is 0.316. The average Bonchev–Trinajstić information content (AvgIpc) is 2.94. The molecule has 134 valence electrons. The van der Waals surface area contributed by atoms with Crippen molar-refractivity contribution in [1.29, 1.82) is 0 Å². The first kappa shape index (κ1) is 17.3. The third-order valence-corrected chi connectivity index (χ3v) is 4.37. The Morgan fingerprint density at radius 3 is 2.96 bits per heavy atom. The molecule has 8 nitrogen and oxygen atoms in total. The number of nitrogens with one attached hydrogen (secondary N) is 2. The van der Waals surface area contributed by atoms with Gasteiger partial charge in [0.2, 0.25) is 5.95 Å². The van der Waals surface area contributed by atoms with Crippen molar-refractivity contribution in [3.63, 3.8) is 0 Å². The van der Waals surface area contributed by atoms with Gasteiger partial charge in [0.1, 0.15) is 0 Å². The summed E-state index contributed by atoms with van der Waals surface area (Å²) in [4.78, 5) is 20.8. The maximum Gasteiger partial charge on any atom is 0.321 e. The number of aryl methyl sites for hydroxylation is 2. The summed E-state index contributed by atoms with van der Waals surface area (Å²) < 4.78 is 7.25. The van der Waals surface area contributed by atoms with Crippen molar-refractivity contribution in [2.45, 2.75) is 46.3 Å². The van der Waals surface area contributed by atoms with Gasteiger partial charge in [0.25, 0.3) is 0 Å². The van der Waals surface area contributed by atoms with Crippen molar-refractivity contribution in [3.05, 3.63) is 34.4 Å². The van der Waals surface area contributed by atoms with E-state index in [1.54, 1.807) is 6.20 Å². The lowest BCUT2D eigenvalue weighted by atomic mass is 10.1. The number of amides is 2. The second-order valence-electron chi connectivity index (χ2n) is 5.98. The summed E-state index contributed by atoms with van der Waals surface area (Å²) in [6.45, 7) is 5.77. The molecule has 1 aliphatic heterocycles. The molecule has 0 saturated heterocycles. The number of urea groups is 1. The first-order valence-corrected chi connectivity index (χ1v) is 8.63. The Kier molecular flexibility index (Phi) is 5.28. The lowest BCUT2D eigenvalue weighted by Gasteiger charge is -2.15. The Labute approximate surface area is 147 Å². The maximum atomic E-state index is 12.2. The van der Waals surface area contributed by atoms with Gasteiger partial charge in [-0.05, 0) is 12.8 Å². The number of carbonyl (C=O) groups excluding carboxylic acids is 1. The van der Waals surface area contributed by atoms with E-state index in [-0.39, 0.29) is 6.03 Å². The van der Waals surface area contributed by atoms with Crippen LogP contribution in [0, 0.1) is 0 Å². The second-order valence-corrected chi connectivity index (χ2v) is 5.98. The molecular weight excluding hydrogens is 320 g/mol. The Morgan fingerprint density at radius 2 is 2.20 bits per heavy atom. The van der Waals surface area contributed by atoms with Gasteiger partial charge in [0, 0.05) is 43.0 Å². The summed E-state index contributed by atoms with van der Waals surface area (Å²) in [7, 11) is 1.94. The van der Waals surface area contributed by atoms with E-state index in [4.69, 9.17) is 4.74 Å². The van der Waals surface area contributed by atoms with Crippen molar-refractivity contribution in [3.8, 4) is 0 Å². The molecular formula is C17H24N6O2. The van der Waals surface area contributed by atoms with Crippen LogP contribution in [0.1, 0.15) is 42.1 Å². The zero-order valence-electron chi connectivity index (χ0n) is 14.9. The zero-order valence-corrected chi connectivity index (χ0v) is 14.9. The molecule has 3 heterocycles. The fourth-order valence-electron chi connectivity index (χ4n) is 3.10. The number of ether oxygens (including phenoxy) is 1. The van der Waals surface area contributed by atoms with Crippen LogP contribution in [0.25, 0.3) is 0 Å². The van der Waals surface area contributed by atoms with Crippen LogP contribution in [0.5, 0.6) is 0 Å². The van der Waals surface area contributed by atoms with Crippen LogP contribution in [0.3, 0.4) is 0 Å². The van der Waals surface area contributed by atoms with Gasteiger partial charge in [-0.3, -0.25) is 10.00 Å². The van der Waals surface area contributed by atoms with Gasteiger partial charge in [0.15, 0.2) is 0 Å². The van der Waals surface area contributed by atoms with Gasteiger partial charge in [-0.25, -0.2) is 14.8 Å². The van der Waals surface area contributed by atoms with Crippen molar-refractivity contribution < 1.29 is 9.53 Å². The highest BCUT2D eigenvalue weighted by molar-refractivity contribution is 5.87. The van der Waals surface area contributed by atoms with Crippen LogP contribution in [-0.2, 0) is 44.2 Å². The van der Waals surface area contributed by atoms with Crippen LogP contribution >= 0.6 is 0 Å². The van der Waals surface area contributed by atoms with Gasteiger partial charge < -0.3 is 10.1 Å². The Bertz CT molecular complexity index is 771. The topological polar surface area (TPSA) is 94.0 Å². The summed E-state index contributed by atoms with van der Waals surface area (Å²) in [5.41, 5.74) is 5.16. The number of carbonyl (C=O) groups is 1. The molecule has 2 aromatic rings. The minimum absolute atomic E-state index is 0.316. The number of fused-ring (bicyclic) bond motifs is 1. The van der Waals surface area contributed by atoms with E-state index >= 15 is 0 Å². The van der Waals surface area contributed by atoms with Gasteiger partial charge in [-0.2, -0.15) is 5.10 Å². The second kappa shape index (κ2) is 7.60. The summed E-state index contributed by atoms with van der Waals surface area (Å²) in [6, 6.07) is -0.319. The van der Waals surface area contributed by atoms with Crippen LogP contribution < -0.4 is 10.6 Å². The lowest BCUT2D eigenvalue weighted by Crippen LogP contribution is -2.30. The lowest BCUT2D eigenvalue weighted by molar-refractivity contribution is 0.109. The van der Waals surface area contributed by atoms with Gasteiger partial charge in [0.05, 0.1) is 24.6 Å². The van der Waals surface area contributed by atoms with E-state index in [9.17, 15) is 4.79 Å². The first-order chi connectivity index (χ1) is 12.1. The molecule has 0 fully saturated rings. The minimum atomic E-state index is -0.319. The van der Waals surface area contributed by atoms with Gasteiger partial charge in [-0.15, -0.1) is 0 Å². The normalized spacial score (nSPS) is 13.4. The van der Waals surface area contributed by atoms with Crippen molar-refractivity contribution >= 4 is 12.0 Å². The molecule has 2 amide bonds. The number of aromatic nitrogens is 4. The van der Waals surface area contributed by atoms with Gasteiger partial charge >= 0.3 is 6.03 Å². The highest BCUT2D eigenvalue weighted by Gasteiger charge is 2.16. The molecule has 2 N–H and O–H groups in total. The molecule has 0 spiro atoms. The van der Waals surface area contributed by atoms with Crippen LogP contribution in [-0.4, -0.2) is 32.4 Å². The Balaban J connectivity index is 1.64. The number of hydrogen-bond acceptors (Lipinski definition) is 5. The first-order valence-electron chi connectivity index (χ1n) is 8.63. The standard InChI is InChI=1S/C17H24N6O2/c1-4-13-12(15(5-2)23(3)22-13)9-19-17(24)21-16-18-8-11-10-25-7-6-14(11)20-16/h8H,4-7,9-10H2,1-3H3,(H2,18,19,20,21,24). The van der Waals surface area contributed by atoms with E-state index < -0.39 is 0 Å². The van der Waals surface area contributed by atoms with Crippen molar-refractivity contribution in [2.75, 3.05) is 11.9 Å². The smallest absolute Gasteiger partial charge is 0.321 e.